The quantitative estimate of drug-likeness (QED) is 0.0558. The van der Waals surface area contributed by atoms with Crippen molar-refractivity contribution in [2.45, 2.75) is 141 Å². The lowest BCUT2D eigenvalue weighted by Gasteiger charge is -2.37. The molecule has 4 fully saturated rings. The normalized spacial score (nSPS) is 19.5. The van der Waals surface area contributed by atoms with Gasteiger partial charge in [-0.05, 0) is 83.7 Å². The second-order valence-electron chi connectivity index (χ2n) is 19.5. The van der Waals surface area contributed by atoms with Gasteiger partial charge in [-0.1, -0.05) is 24.3 Å². The Labute approximate surface area is 418 Å². The first kappa shape index (κ1) is 58.6. The second kappa shape index (κ2) is 26.1. The highest BCUT2D eigenvalue weighted by Gasteiger charge is 2.47. The zero-order valence-corrected chi connectivity index (χ0v) is 47.0. The number of aromatic nitrogens is 6. The number of epoxide rings is 3. The van der Waals surface area contributed by atoms with Gasteiger partial charge in [-0.15, -0.1) is 26.3 Å². The Morgan fingerprint density at radius 3 is 1.24 bits per heavy atom. The summed E-state index contributed by atoms with van der Waals surface area (Å²) >= 11 is 0. The summed E-state index contributed by atoms with van der Waals surface area (Å²) in [6.45, 7) is 33.7. The highest BCUT2D eigenvalue weighted by atomic mass is 28.4. The number of allylic oxidation sites excluding steroid dienone is 3. The van der Waals surface area contributed by atoms with Crippen LogP contribution in [-0.4, -0.2) is 141 Å². The van der Waals surface area contributed by atoms with E-state index in [1.54, 1.807) is 0 Å². The molecule has 0 radical (unpaired) electrons. The second-order valence-corrected chi connectivity index (χ2v) is 33.6. The summed E-state index contributed by atoms with van der Waals surface area (Å²) in [5.74, 6) is -1.91. The van der Waals surface area contributed by atoms with Gasteiger partial charge in [0.05, 0.1) is 70.9 Å². The van der Waals surface area contributed by atoms with Gasteiger partial charge in [0.1, 0.15) is 5.92 Å². The number of carbonyl (C=O) groups excluding carboxylic acids is 3. The Kier molecular flexibility index (Phi) is 21.6. The minimum atomic E-state index is -2.26. The average molecular weight is 1060 g/mol. The summed E-state index contributed by atoms with van der Waals surface area (Å²) in [4.78, 5) is 116. The summed E-state index contributed by atoms with van der Waals surface area (Å²) in [6.07, 6.45) is 6.64. The lowest BCUT2D eigenvalue weighted by molar-refractivity contribution is -0.149. The van der Waals surface area contributed by atoms with Gasteiger partial charge in [-0.3, -0.25) is 19.4 Å². The minimum absolute atomic E-state index is 0.000573. The van der Waals surface area contributed by atoms with Crippen LogP contribution in [0.2, 0.25) is 64.5 Å². The average Bonchev–Trinajstić information content (AvgIpc) is 4.13. The number of hydrogen-bond donors (Lipinski definition) is 0. The number of urea groups is 1. The van der Waals surface area contributed by atoms with E-state index in [0.29, 0.717) is 44.8 Å². The fraction of sp³-hybridized carbons (Fsp3) is 0.622. The van der Waals surface area contributed by atoms with E-state index in [1.165, 1.54) is 29.2 Å². The van der Waals surface area contributed by atoms with Gasteiger partial charge >= 0.3 is 40.2 Å². The molecule has 26 heteroatoms. The van der Waals surface area contributed by atoms with Crippen LogP contribution in [0.3, 0.4) is 0 Å². The molecule has 2 aromatic rings. The van der Waals surface area contributed by atoms with E-state index in [1.807, 2.05) is 0 Å². The number of carbonyl (C=O) groups is 3. The molecular formula is C45H74N8O14Si4. The van der Waals surface area contributed by atoms with Crippen LogP contribution < -0.4 is 34.1 Å². The summed E-state index contributed by atoms with van der Waals surface area (Å²) in [7, 11) is -5.85. The van der Waals surface area contributed by atoms with Crippen LogP contribution in [0.1, 0.15) is 19.3 Å². The van der Waals surface area contributed by atoms with Crippen molar-refractivity contribution in [1.29, 1.82) is 0 Å². The van der Waals surface area contributed by atoms with Crippen LogP contribution in [0.25, 0.3) is 0 Å². The SMILES string of the molecule is C=CCN1C(=O)C(CC2CO2)C(=O)N(CCC[Si](C)(C)O[Si](C)(C)CCCn2c(=O)n(CC=C)c(=O)n(CC3CO3)c2=O)C1=O.C=CCn1c(=O)n(CC=C)c(=O)n(CC2CO2)c1=O.C[SiH](C)O[SiH](C)C. The zero-order valence-electron chi connectivity index (χ0n) is 42.7. The van der Waals surface area contributed by atoms with E-state index in [2.05, 4.69) is 78.7 Å². The Morgan fingerprint density at radius 2 is 0.873 bits per heavy atom. The predicted octanol–water partition coefficient (Wildman–Crippen LogP) is 1.26. The molecule has 0 aliphatic carbocycles. The zero-order chi connectivity index (χ0) is 53.0. The first-order chi connectivity index (χ1) is 33.4. The predicted molar refractivity (Wildman–Crippen MR) is 279 cm³/mol. The van der Waals surface area contributed by atoms with Crippen molar-refractivity contribution in [2.75, 3.05) is 32.9 Å². The van der Waals surface area contributed by atoms with Gasteiger partial charge < -0.3 is 22.4 Å². The third kappa shape index (κ3) is 16.8. The van der Waals surface area contributed by atoms with Crippen LogP contribution >= 0.6 is 0 Å². The molecule has 4 aliphatic heterocycles. The summed E-state index contributed by atoms with van der Waals surface area (Å²) in [5, 5.41) is 0. The smallest absolute Gasteiger partial charge is 0.336 e. The number of nitrogens with zero attached hydrogens (tertiary/aromatic N) is 8. The lowest BCUT2D eigenvalue weighted by Crippen LogP contribution is -2.60. The van der Waals surface area contributed by atoms with Gasteiger partial charge in [-0.2, -0.15) is 0 Å². The molecule has 0 bridgehead atoms. The number of hydrogen-bond acceptors (Lipinski definition) is 14. The number of imide groups is 2. The molecule has 0 spiro atoms. The molecule has 6 heterocycles. The van der Waals surface area contributed by atoms with Crippen molar-refractivity contribution in [3.05, 3.63) is 114 Å². The Bertz CT molecular complexity index is 2580. The molecule has 4 saturated heterocycles. The van der Waals surface area contributed by atoms with E-state index < -0.39 is 92.6 Å². The molecule has 4 atom stereocenters. The largest absolute Gasteiger partial charge is 0.461 e. The molecule has 0 saturated carbocycles. The van der Waals surface area contributed by atoms with Gasteiger partial charge in [0.15, 0.2) is 34.7 Å². The highest BCUT2D eigenvalue weighted by molar-refractivity contribution is 6.84. The first-order valence-electron chi connectivity index (χ1n) is 24.1. The molecule has 71 heavy (non-hydrogen) atoms. The van der Waals surface area contributed by atoms with Crippen LogP contribution in [0.5, 0.6) is 0 Å². The van der Waals surface area contributed by atoms with Gasteiger partial charge in [0.2, 0.25) is 11.8 Å². The number of rotatable bonds is 26. The van der Waals surface area contributed by atoms with Crippen LogP contribution in [0.4, 0.5) is 4.79 Å². The van der Waals surface area contributed by atoms with Crippen molar-refractivity contribution in [3.8, 4) is 0 Å². The van der Waals surface area contributed by atoms with Crippen molar-refractivity contribution >= 4 is 52.6 Å². The third-order valence-corrected chi connectivity index (χ3v) is 23.4. The molecule has 4 aliphatic rings. The Balaban J connectivity index is 0.000000344. The molecule has 0 N–H and O–H groups in total. The fourth-order valence-electron chi connectivity index (χ4n) is 8.19. The summed E-state index contributed by atoms with van der Waals surface area (Å²) in [6, 6.07) is 0.742. The molecule has 4 unspecified atom stereocenters. The Hall–Kier alpha value is -4.94. The summed E-state index contributed by atoms with van der Waals surface area (Å²) < 4.78 is 33.8. The molecule has 394 valence electrons. The maximum absolute atomic E-state index is 13.2. The minimum Gasteiger partial charge on any atom is -0.461 e. The first-order valence-corrected chi connectivity index (χ1v) is 35.9. The standard InChI is InChI=1S/C29H45N5O9Si2.C12H15N3O4.C4H14OSi2/c1-7-11-30-24(35)23(17-21-19-41-21)25(36)31(26(30)37)13-9-15-44(3,4)43-45(5,6)16-10-14-33-27(38)32(12-8-2)28(39)34(29(33)40)18-22-20-42-22;1-3-5-13-10(16)14(6-4-2)12(18)15(11(13)17)7-9-8-19-9;1-6(2)5-7(3)4/h7-8,21-23H,1-2,9-20H2,3-6H3;3-4,9H,1-2,5-8H2;6-7H,1-4H3. The van der Waals surface area contributed by atoms with Gasteiger partial charge in [0, 0.05) is 19.6 Å². The van der Waals surface area contributed by atoms with Crippen molar-refractivity contribution in [1.82, 2.24) is 37.2 Å². The number of barbiturate groups is 1. The molecule has 0 aromatic carbocycles. The van der Waals surface area contributed by atoms with Gasteiger partial charge in [-0.25, -0.2) is 61.0 Å². The third-order valence-electron chi connectivity index (χ3n) is 11.5. The molecule has 6 rings (SSSR count). The van der Waals surface area contributed by atoms with E-state index in [9.17, 15) is 43.2 Å². The Morgan fingerprint density at radius 1 is 0.521 bits per heavy atom. The lowest BCUT2D eigenvalue weighted by atomic mass is 9.97. The van der Waals surface area contributed by atoms with Crippen molar-refractivity contribution < 1.29 is 36.8 Å². The maximum Gasteiger partial charge on any atom is 0.336 e. The highest BCUT2D eigenvalue weighted by Crippen LogP contribution is 2.29. The van der Waals surface area contributed by atoms with E-state index >= 15 is 0 Å². The van der Waals surface area contributed by atoms with Gasteiger partial charge in [0.25, 0.3) is 0 Å². The maximum atomic E-state index is 13.2. The van der Waals surface area contributed by atoms with E-state index in [-0.39, 0.29) is 77.1 Å². The molecule has 4 amide bonds. The molecule has 2 aromatic heterocycles. The number of amides is 4. The van der Waals surface area contributed by atoms with Crippen LogP contribution in [0.15, 0.2) is 79.4 Å². The molecular weight excluding hydrogens is 989 g/mol. The summed E-state index contributed by atoms with van der Waals surface area (Å²) in [5.41, 5.74) is -3.88. The van der Waals surface area contributed by atoms with Crippen LogP contribution in [-0.2, 0) is 71.3 Å². The topological polar surface area (TPSA) is 246 Å². The molecule has 22 nitrogen and oxygen atoms in total. The van der Waals surface area contributed by atoms with Crippen molar-refractivity contribution in [2.24, 2.45) is 5.92 Å². The van der Waals surface area contributed by atoms with E-state index in [0.717, 1.165) is 32.3 Å². The number of ether oxygens (including phenoxy) is 3. The van der Waals surface area contributed by atoms with Crippen molar-refractivity contribution in [3.63, 3.8) is 0 Å². The van der Waals surface area contributed by atoms with E-state index in [4.69, 9.17) is 22.4 Å². The van der Waals surface area contributed by atoms with Crippen LogP contribution in [0, 0.1) is 5.92 Å². The monoisotopic (exact) mass is 1060 g/mol. The fourth-order valence-corrected chi connectivity index (χ4v) is 21.4.